The van der Waals surface area contributed by atoms with Crippen molar-refractivity contribution in [1.82, 2.24) is 14.9 Å². The van der Waals surface area contributed by atoms with Crippen LogP contribution in [0.4, 0.5) is 0 Å². The van der Waals surface area contributed by atoms with Crippen LogP contribution in [0, 0.1) is 0 Å². The molecule has 1 aliphatic rings. The van der Waals surface area contributed by atoms with E-state index in [0.29, 0.717) is 6.04 Å². The highest BCUT2D eigenvalue weighted by Crippen LogP contribution is 2.25. The Balaban J connectivity index is 1.50. The van der Waals surface area contributed by atoms with E-state index in [4.69, 9.17) is 4.74 Å². The van der Waals surface area contributed by atoms with Gasteiger partial charge in [-0.15, -0.1) is 0 Å². The summed E-state index contributed by atoms with van der Waals surface area (Å²) < 4.78 is 9.12. The third kappa shape index (κ3) is 4.58. The fraction of sp³-hybridized carbons (Fsp3) is 0.438. The summed E-state index contributed by atoms with van der Waals surface area (Å²) in [7, 11) is 0. The number of hydrogen-bond donors (Lipinski definition) is 1. The van der Waals surface area contributed by atoms with E-state index >= 15 is 0 Å². The van der Waals surface area contributed by atoms with Gasteiger partial charge in [0.2, 0.25) is 0 Å². The predicted molar refractivity (Wildman–Crippen MR) is 86.3 cm³/mol. The highest BCUT2D eigenvalue weighted by Gasteiger charge is 2.20. The smallest absolute Gasteiger partial charge is 0.123 e. The number of aromatic nitrogens is 2. The van der Waals surface area contributed by atoms with E-state index in [2.05, 4.69) is 36.9 Å². The quantitative estimate of drug-likeness (QED) is 0.742. The Hall–Kier alpha value is -1.33. The number of nitrogens with one attached hydrogen (secondary N) is 1. The molecule has 1 fully saturated rings. The second kappa shape index (κ2) is 7.09. The number of halogens is 1. The van der Waals surface area contributed by atoms with E-state index in [1.54, 1.807) is 6.20 Å². The number of imidazole rings is 1. The van der Waals surface area contributed by atoms with Gasteiger partial charge in [-0.2, -0.15) is 0 Å². The van der Waals surface area contributed by atoms with Crippen LogP contribution in [-0.4, -0.2) is 22.2 Å². The first-order valence-electron chi connectivity index (χ1n) is 7.41. The van der Waals surface area contributed by atoms with Crippen molar-refractivity contribution in [3.05, 3.63) is 47.0 Å². The molecule has 0 unspecified atom stereocenters. The van der Waals surface area contributed by atoms with Gasteiger partial charge in [0.25, 0.3) is 0 Å². The molecule has 112 valence electrons. The minimum atomic E-state index is 0.707. The molecule has 1 aromatic heterocycles. The van der Waals surface area contributed by atoms with Crippen molar-refractivity contribution in [3.8, 4) is 5.75 Å². The molecule has 1 N–H and O–H groups in total. The third-order valence-electron chi connectivity index (χ3n) is 3.56. The highest BCUT2D eigenvalue weighted by atomic mass is 79.9. The van der Waals surface area contributed by atoms with Gasteiger partial charge in [0.15, 0.2) is 0 Å². The van der Waals surface area contributed by atoms with E-state index in [9.17, 15) is 0 Å². The molecule has 4 nitrogen and oxygen atoms in total. The number of hydrogen-bond acceptors (Lipinski definition) is 3. The Morgan fingerprint density at radius 2 is 2.29 bits per heavy atom. The molecule has 0 atom stereocenters. The zero-order chi connectivity index (χ0) is 14.5. The van der Waals surface area contributed by atoms with Crippen molar-refractivity contribution in [2.45, 2.75) is 38.4 Å². The zero-order valence-corrected chi connectivity index (χ0v) is 13.6. The molecule has 1 aliphatic carbocycles. The maximum Gasteiger partial charge on any atom is 0.123 e. The first kappa shape index (κ1) is 14.6. The fourth-order valence-corrected chi connectivity index (χ4v) is 2.63. The molecule has 0 bridgehead atoms. The number of ether oxygens (including phenoxy) is 1. The van der Waals surface area contributed by atoms with Crippen LogP contribution in [0.3, 0.4) is 0 Å². The van der Waals surface area contributed by atoms with Crippen molar-refractivity contribution < 1.29 is 4.74 Å². The van der Waals surface area contributed by atoms with Crippen molar-refractivity contribution in [3.63, 3.8) is 0 Å². The van der Waals surface area contributed by atoms with Gasteiger partial charge in [0.1, 0.15) is 5.75 Å². The van der Waals surface area contributed by atoms with Crippen LogP contribution in [0.15, 0.2) is 41.4 Å². The second-order valence-electron chi connectivity index (χ2n) is 5.41. The lowest BCUT2D eigenvalue weighted by molar-refractivity contribution is 0.298. The van der Waals surface area contributed by atoms with Crippen LogP contribution in [0.2, 0.25) is 0 Å². The van der Waals surface area contributed by atoms with E-state index < -0.39 is 0 Å². The number of rotatable bonds is 8. The summed E-state index contributed by atoms with van der Waals surface area (Å²) in [6.45, 7) is 2.53. The summed E-state index contributed by atoms with van der Waals surface area (Å²) >= 11 is 3.53. The van der Waals surface area contributed by atoms with Crippen molar-refractivity contribution >= 4 is 15.9 Å². The molecule has 21 heavy (non-hydrogen) atoms. The maximum absolute atomic E-state index is 5.95. The first-order valence-corrected chi connectivity index (χ1v) is 8.21. The van der Waals surface area contributed by atoms with Crippen molar-refractivity contribution in [1.29, 1.82) is 0 Å². The average molecular weight is 350 g/mol. The van der Waals surface area contributed by atoms with Crippen LogP contribution >= 0.6 is 15.9 Å². The second-order valence-corrected chi connectivity index (χ2v) is 6.33. The topological polar surface area (TPSA) is 39.1 Å². The van der Waals surface area contributed by atoms with E-state index in [-0.39, 0.29) is 0 Å². The Kier molecular flexibility index (Phi) is 4.93. The summed E-state index contributed by atoms with van der Waals surface area (Å²) in [5.41, 5.74) is 1.22. The average Bonchev–Trinajstić information content (AvgIpc) is 3.17. The Morgan fingerprint density at radius 1 is 1.38 bits per heavy atom. The fourth-order valence-electron chi connectivity index (χ4n) is 2.22. The van der Waals surface area contributed by atoms with Gasteiger partial charge in [-0.1, -0.05) is 15.9 Å². The van der Waals surface area contributed by atoms with E-state index in [1.165, 1.54) is 18.4 Å². The van der Waals surface area contributed by atoms with Gasteiger partial charge in [0, 0.05) is 41.6 Å². The lowest BCUT2D eigenvalue weighted by atomic mass is 10.2. The molecule has 0 aliphatic heterocycles. The number of nitrogens with zero attached hydrogens (tertiary/aromatic N) is 2. The number of aryl methyl sites for hydroxylation is 1. The molecule has 5 heteroatoms. The van der Waals surface area contributed by atoms with Crippen LogP contribution in [0.25, 0.3) is 0 Å². The lowest BCUT2D eigenvalue weighted by Crippen LogP contribution is -2.16. The van der Waals surface area contributed by atoms with Gasteiger partial charge in [0.05, 0.1) is 12.9 Å². The molecule has 1 heterocycles. The third-order valence-corrected chi connectivity index (χ3v) is 4.05. The summed E-state index contributed by atoms with van der Waals surface area (Å²) in [5.74, 6) is 0.983. The highest BCUT2D eigenvalue weighted by molar-refractivity contribution is 9.10. The standard InChI is InChI=1S/C16H20BrN3O/c17-14-2-5-16(13(10-14)11-19-15-3-4-15)21-9-1-7-20-8-6-18-12-20/h2,5-6,8,10,12,15,19H,1,3-4,7,9,11H2. The van der Waals surface area contributed by atoms with E-state index in [1.807, 2.05) is 24.7 Å². The Labute approximate surface area is 133 Å². The van der Waals surface area contributed by atoms with Gasteiger partial charge >= 0.3 is 0 Å². The molecule has 3 rings (SSSR count). The van der Waals surface area contributed by atoms with Crippen molar-refractivity contribution in [2.75, 3.05) is 6.61 Å². The molecule has 0 radical (unpaired) electrons. The molecule has 0 saturated heterocycles. The minimum Gasteiger partial charge on any atom is -0.493 e. The minimum absolute atomic E-state index is 0.707. The first-order chi connectivity index (χ1) is 10.3. The molecule has 0 amide bonds. The normalized spacial score (nSPS) is 14.3. The summed E-state index contributed by atoms with van der Waals surface area (Å²) in [4.78, 5) is 4.04. The van der Waals surface area contributed by atoms with Gasteiger partial charge in [-0.25, -0.2) is 4.98 Å². The van der Waals surface area contributed by atoms with Crippen LogP contribution in [-0.2, 0) is 13.1 Å². The maximum atomic E-state index is 5.95. The Morgan fingerprint density at radius 3 is 3.05 bits per heavy atom. The molecule has 0 spiro atoms. The van der Waals surface area contributed by atoms with Crippen LogP contribution in [0.1, 0.15) is 24.8 Å². The molecule has 1 saturated carbocycles. The Bertz CT molecular complexity index is 567. The number of benzene rings is 1. The predicted octanol–water partition coefficient (Wildman–Crippen LogP) is 3.37. The van der Waals surface area contributed by atoms with E-state index in [0.717, 1.165) is 36.3 Å². The van der Waals surface area contributed by atoms with Crippen LogP contribution < -0.4 is 10.1 Å². The van der Waals surface area contributed by atoms with Gasteiger partial charge in [-0.3, -0.25) is 0 Å². The largest absolute Gasteiger partial charge is 0.493 e. The monoisotopic (exact) mass is 349 g/mol. The van der Waals surface area contributed by atoms with Gasteiger partial charge in [-0.05, 0) is 37.5 Å². The SMILES string of the molecule is Brc1ccc(OCCCn2ccnc2)c(CNC2CC2)c1. The molecular weight excluding hydrogens is 330 g/mol. The molecule has 2 aromatic rings. The zero-order valence-electron chi connectivity index (χ0n) is 12.0. The lowest BCUT2D eigenvalue weighted by Gasteiger charge is -2.13. The molecule has 1 aromatic carbocycles. The van der Waals surface area contributed by atoms with Crippen molar-refractivity contribution in [2.24, 2.45) is 0 Å². The summed E-state index contributed by atoms with van der Waals surface area (Å²) in [6, 6.07) is 6.93. The summed E-state index contributed by atoms with van der Waals surface area (Å²) in [6.07, 6.45) is 9.19. The van der Waals surface area contributed by atoms with Crippen LogP contribution in [0.5, 0.6) is 5.75 Å². The summed E-state index contributed by atoms with van der Waals surface area (Å²) in [5, 5.41) is 3.54. The molecular formula is C16H20BrN3O. The van der Waals surface area contributed by atoms with Gasteiger partial charge < -0.3 is 14.6 Å².